The molecule has 1 heterocycles. The molecule has 0 amide bonds. The van der Waals surface area contributed by atoms with Crippen molar-refractivity contribution in [1.82, 2.24) is 0 Å². The lowest BCUT2D eigenvalue weighted by atomic mass is 10.0. The predicted octanol–water partition coefficient (Wildman–Crippen LogP) is -2.19. The number of rotatable bonds is 7. The van der Waals surface area contributed by atoms with Gasteiger partial charge in [-0.15, -0.1) is 0 Å². The molecule has 11 nitrogen and oxygen atoms in total. The Kier molecular flexibility index (Phi) is 8.31. The monoisotopic (exact) mass is 391 g/mol. The van der Waals surface area contributed by atoms with Gasteiger partial charge >= 0.3 is 10.4 Å². The second-order valence-electron chi connectivity index (χ2n) is 5.19. The first-order chi connectivity index (χ1) is 11.0. The van der Waals surface area contributed by atoms with Gasteiger partial charge in [0.1, 0.15) is 34.9 Å². The summed E-state index contributed by atoms with van der Waals surface area (Å²) in [6, 6.07) is 0. The highest BCUT2D eigenvalue weighted by molar-refractivity contribution is 8.14. The second kappa shape index (κ2) is 9.26. The fraction of sp³-hybridized carbons (Fsp3) is 0.909. The summed E-state index contributed by atoms with van der Waals surface area (Å²) in [4.78, 5) is 0. The molecule has 6 unspecified atom stereocenters. The van der Waals surface area contributed by atoms with E-state index in [4.69, 9.17) is 14.4 Å². The number of thioether (sulfide) groups is 1. The lowest BCUT2D eigenvalue weighted by molar-refractivity contribution is -0.205. The van der Waals surface area contributed by atoms with Crippen LogP contribution in [0.1, 0.15) is 19.8 Å². The average Bonchev–Trinajstić information content (AvgIpc) is 2.49. The van der Waals surface area contributed by atoms with Gasteiger partial charge in [0.2, 0.25) is 0 Å². The highest BCUT2D eigenvalue weighted by atomic mass is 32.3. The van der Waals surface area contributed by atoms with Crippen LogP contribution >= 0.6 is 11.8 Å². The van der Waals surface area contributed by atoms with Gasteiger partial charge in [-0.1, -0.05) is 16.9 Å². The summed E-state index contributed by atoms with van der Waals surface area (Å²) in [6.45, 7) is 0.865. The van der Waals surface area contributed by atoms with Crippen molar-refractivity contribution in [3.05, 3.63) is 0 Å². The van der Waals surface area contributed by atoms with Gasteiger partial charge in [-0.2, -0.15) is 8.42 Å². The normalized spacial score (nSPS) is 33.3. The standard InChI is InChI=1S/C11H21NO10S2/c1-5(14)2-3-7(12-22-24(18,19)20)23-11-10(17)9(16)8(15)6(4-13)21-11/h5-6,8-11,13-17H,2-4H2,1H3,(H,18,19,20). The van der Waals surface area contributed by atoms with Crippen LogP contribution in [0.4, 0.5) is 0 Å². The molecule has 0 aliphatic carbocycles. The van der Waals surface area contributed by atoms with Crippen LogP contribution in [-0.4, -0.2) is 86.1 Å². The minimum absolute atomic E-state index is 0.0207. The molecule has 1 aliphatic rings. The fourth-order valence-corrected chi connectivity index (χ4v) is 3.16. The molecule has 0 saturated carbocycles. The fourth-order valence-electron chi connectivity index (χ4n) is 1.85. The third-order valence-electron chi connectivity index (χ3n) is 3.11. The maximum Gasteiger partial charge on any atom is 0.466 e. The van der Waals surface area contributed by atoms with Crippen LogP contribution in [0.2, 0.25) is 0 Å². The molecule has 13 heteroatoms. The molecular formula is C11H21NO10S2. The summed E-state index contributed by atoms with van der Waals surface area (Å²) < 4.78 is 38.9. The molecular weight excluding hydrogens is 370 g/mol. The summed E-state index contributed by atoms with van der Waals surface area (Å²) in [7, 11) is -4.84. The van der Waals surface area contributed by atoms with E-state index in [1.807, 2.05) is 0 Å². The molecule has 0 aromatic carbocycles. The minimum Gasteiger partial charge on any atom is -0.394 e. The van der Waals surface area contributed by atoms with E-state index in [0.717, 1.165) is 0 Å². The lowest BCUT2D eigenvalue weighted by Gasteiger charge is -2.39. The summed E-state index contributed by atoms with van der Waals surface area (Å²) in [5.74, 6) is 0. The molecule has 1 rings (SSSR count). The van der Waals surface area contributed by atoms with Crippen molar-refractivity contribution in [1.29, 1.82) is 0 Å². The number of aliphatic hydroxyl groups excluding tert-OH is 5. The van der Waals surface area contributed by atoms with E-state index in [9.17, 15) is 28.8 Å². The number of ether oxygens (including phenoxy) is 1. The first-order valence-electron chi connectivity index (χ1n) is 6.93. The first kappa shape index (κ1) is 21.5. The Morgan fingerprint density at radius 3 is 2.42 bits per heavy atom. The third-order valence-corrected chi connectivity index (χ3v) is 4.55. The van der Waals surface area contributed by atoms with E-state index >= 15 is 0 Å². The largest absolute Gasteiger partial charge is 0.466 e. The zero-order chi connectivity index (χ0) is 18.5. The zero-order valence-electron chi connectivity index (χ0n) is 12.7. The maximum absolute atomic E-state index is 10.6. The molecule has 142 valence electrons. The number of aliphatic hydroxyl groups is 5. The predicted molar refractivity (Wildman–Crippen MR) is 82.3 cm³/mol. The molecule has 0 spiro atoms. The van der Waals surface area contributed by atoms with Crippen LogP contribution in [0.5, 0.6) is 0 Å². The minimum atomic E-state index is -4.84. The molecule has 0 aromatic rings. The Labute approximate surface area is 142 Å². The topological polar surface area (TPSA) is 186 Å². The Hall–Kier alpha value is -0.510. The Bertz CT molecular complexity index is 523. The van der Waals surface area contributed by atoms with Crippen molar-refractivity contribution in [3.8, 4) is 0 Å². The number of oxime groups is 1. The molecule has 0 bridgehead atoms. The van der Waals surface area contributed by atoms with Crippen molar-refractivity contribution >= 4 is 27.2 Å². The second-order valence-corrected chi connectivity index (χ2v) is 7.37. The maximum atomic E-state index is 10.6. The average molecular weight is 391 g/mol. The van der Waals surface area contributed by atoms with Crippen LogP contribution in [0, 0.1) is 0 Å². The van der Waals surface area contributed by atoms with Crippen molar-refractivity contribution in [2.75, 3.05) is 6.61 Å². The van der Waals surface area contributed by atoms with Gasteiger partial charge in [-0.3, -0.25) is 4.55 Å². The molecule has 6 atom stereocenters. The number of hydrogen-bond acceptors (Lipinski definition) is 11. The van der Waals surface area contributed by atoms with Crippen molar-refractivity contribution in [2.45, 2.75) is 55.7 Å². The molecule has 24 heavy (non-hydrogen) atoms. The number of hydrogen-bond donors (Lipinski definition) is 6. The smallest absolute Gasteiger partial charge is 0.394 e. The van der Waals surface area contributed by atoms with Crippen molar-refractivity contribution in [2.24, 2.45) is 5.16 Å². The van der Waals surface area contributed by atoms with Crippen LogP contribution in [0.3, 0.4) is 0 Å². The van der Waals surface area contributed by atoms with E-state index in [0.29, 0.717) is 11.8 Å². The van der Waals surface area contributed by atoms with Crippen molar-refractivity contribution < 1.29 is 47.5 Å². The molecule has 0 aromatic heterocycles. The van der Waals surface area contributed by atoms with Crippen LogP contribution in [0.15, 0.2) is 5.16 Å². The van der Waals surface area contributed by atoms with Gasteiger partial charge in [0.25, 0.3) is 0 Å². The SMILES string of the molecule is CC(O)CCC(=NOS(=O)(=O)O)SC1OC(CO)C(O)C(O)C1O. The van der Waals surface area contributed by atoms with Crippen LogP contribution in [0.25, 0.3) is 0 Å². The van der Waals surface area contributed by atoms with Gasteiger partial charge in [-0.25, -0.2) is 4.28 Å². The van der Waals surface area contributed by atoms with E-state index in [1.54, 1.807) is 0 Å². The summed E-state index contributed by atoms with van der Waals surface area (Å²) in [5, 5.41) is 50.9. The Balaban J connectivity index is 2.86. The van der Waals surface area contributed by atoms with E-state index < -0.39 is 53.0 Å². The third kappa shape index (κ3) is 6.78. The highest BCUT2D eigenvalue weighted by Gasteiger charge is 2.44. The van der Waals surface area contributed by atoms with Crippen molar-refractivity contribution in [3.63, 3.8) is 0 Å². The van der Waals surface area contributed by atoms with Crippen LogP contribution in [-0.2, 0) is 19.4 Å². The summed E-state index contributed by atoms with van der Waals surface area (Å²) in [5.41, 5.74) is -1.20. The quantitative estimate of drug-likeness (QED) is 0.120. The van der Waals surface area contributed by atoms with Gasteiger partial charge in [-0.05, 0) is 13.3 Å². The van der Waals surface area contributed by atoms with Gasteiger partial charge in [0.15, 0.2) is 0 Å². The Morgan fingerprint density at radius 1 is 1.29 bits per heavy atom. The Morgan fingerprint density at radius 2 is 1.92 bits per heavy atom. The summed E-state index contributed by atoms with van der Waals surface area (Å²) in [6.07, 6.45) is -6.39. The number of nitrogens with zero attached hydrogens (tertiary/aromatic N) is 1. The molecule has 1 fully saturated rings. The van der Waals surface area contributed by atoms with E-state index in [-0.39, 0.29) is 17.9 Å². The first-order valence-corrected chi connectivity index (χ1v) is 9.17. The van der Waals surface area contributed by atoms with Gasteiger partial charge in [0.05, 0.1) is 12.7 Å². The highest BCUT2D eigenvalue weighted by Crippen LogP contribution is 2.30. The van der Waals surface area contributed by atoms with E-state index in [1.165, 1.54) is 6.92 Å². The molecule has 0 radical (unpaired) electrons. The summed E-state index contributed by atoms with van der Waals surface area (Å²) >= 11 is 0.665. The molecule has 1 saturated heterocycles. The van der Waals surface area contributed by atoms with Gasteiger partial charge in [0, 0.05) is 6.42 Å². The molecule has 1 aliphatic heterocycles. The lowest BCUT2D eigenvalue weighted by Crippen LogP contribution is -2.57. The van der Waals surface area contributed by atoms with E-state index in [2.05, 4.69) is 9.44 Å². The van der Waals surface area contributed by atoms with Crippen LogP contribution < -0.4 is 0 Å². The van der Waals surface area contributed by atoms with Gasteiger partial charge < -0.3 is 30.3 Å². The zero-order valence-corrected chi connectivity index (χ0v) is 14.3. The molecule has 6 N–H and O–H groups in total.